The molecule has 0 radical (unpaired) electrons. The fraction of sp³-hybridized carbons (Fsp3) is 0.385. The van der Waals surface area contributed by atoms with Gasteiger partial charge in [-0.1, -0.05) is 6.07 Å². The predicted molar refractivity (Wildman–Crippen MR) is 67.5 cm³/mol. The second-order valence-corrected chi connectivity index (χ2v) is 3.92. The Balaban J connectivity index is 1.73. The normalized spacial score (nSPS) is 10.6. The molecule has 4 heteroatoms. The molecule has 2 aromatic rings. The molecule has 1 N–H and O–H groups in total. The van der Waals surface area contributed by atoms with Crippen LogP contribution in [0, 0.1) is 0 Å². The summed E-state index contributed by atoms with van der Waals surface area (Å²) in [6, 6.07) is 6.02. The van der Waals surface area contributed by atoms with E-state index in [2.05, 4.69) is 32.8 Å². The zero-order valence-corrected chi connectivity index (χ0v) is 10.1. The SMILES string of the molecule is CCn1cncc1CNCCc1ccccn1. The van der Waals surface area contributed by atoms with Crippen molar-refractivity contribution in [2.45, 2.75) is 26.4 Å². The van der Waals surface area contributed by atoms with Gasteiger partial charge >= 0.3 is 0 Å². The van der Waals surface area contributed by atoms with Crippen molar-refractivity contribution in [1.29, 1.82) is 0 Å². The highest BCUT2D eigenvalue weighted by Crippen LogP contribution is 1.98. The maximum atomic E-state index is 4.29. The first-order valence-electron chi connectivity index (χ1n) is 5.99. The summed E-state index contributed by atoms with van der Waals surface area (Å²) in [6.07, 6.45) is 6.58. The summed E-state index contributed by atoms with van der Waals surface area (Å²) in [5.74, 6) is 0. The van der Waals surface area contributed by atoms with E-state index >= 15 is 0 Å². The van der Waals surface area contributed by atoms with Gasteiger partial charge in [0.1, 0.15) is 0 Å². The molecule has 2 rings (SSSR count). The molecule has 0 atom stereocenters. The fourth-order valence-electron chi connectivity index (χ4n) is 1.76. The van der Waals surface area contributed by atoms with E-state index in [1.807, 2.05) is 30.9 Å². The van der Waals surface area contributed by atoms with Crippen LogP contribution in [0.5, 0.6) is 0 Å². The van der Waals surface area contributed by atoms with Gasteiger partial charge in [0.15, 0.2) is 0 Å². The summed E-state index contributed by atoms with van der Waals surface area (Å²) in [6.45, 7) is 4.89. The summed E-state index contributed by atoms with van der Waals surface area (Å²) in [7, 11) is 0. The Morgan fingerprint density at radius 2 is 2.29 bits per heavy atom. The Labute approximate surface area is 102 Å². The van der Waals surface area contributed by atoms with E-state index in [4.69, 9.17) is 0 Å². The number of aryl methyl sites for hydroxylation is 1. The van der Waals surface area contributed by atoms with Gasteiger partial charge in [0.2, 0.25) is 0 Å². The van der Waals surface area contributed by atoms with E-state index in [-0.39, 0.29) is 0 Å². The molecule has 0 aliphatic carbocycles. The lowest BCUT2D eigenvalue weighted by molar-refractivity contribution is 0.625. The van der Waals surface area contributed by atoms with E-state index in [0.29, 0.717) is 0 Å². The van der Waals surface area contributed by atoms with Crippen LogP contribution in [0.3, 0.4) is 0 Å². The quantitative estimate of drug-likeness (QED) is 0.767. The minimum atomic E-state index is 0.862. The van der Waals surface area contributed by atoms with Crippen LogP contribution in [0.4, 0.5) is 0 Å². The van der Waals surface area contributed by atoms with Crippen molar-refractivity contribution in [2.24, 2.45) is 0 Å². The molecule has 0 amide bonds. The molecule has 0 bridgehead atoms. The molecular formula is C13H18N4. The molecule has 0 saturated heterocycles. The first-order chi connectivity index (χ1) is 8.40. The molecule has 0 aliphatic heterocycles. The lowest BCUT2D eigenvalue weighted by Gasteiger charge is -2.06. The Morgan fingerprint density at radius 3 is 3.06 bits per heavy atom. The number of pyridine rings is 1. The highest BCUT2D eigenvalue weighted by molar-refractivity contribution is 5.04. The van der Waals surface area contributed by atoms with E-state index in [1.54, 1.807) is 0 Å². The molecule has 90 valence electrons. The van der Waals surface area contributed by atoms with Gasteiger partial charge in [0.25, 0.3) is 0 Å². The van der Waals surface area contributed by atoms with Crippen LogP contribution in [-0.4, -0.2) is 21.1 Å². The minimum Gasteiger partial charge on any atom is -0.334 e. The lowest BCUT2D eigenvalue weighted by atomic mass is 10.3. The van der Waals surface area contributed by atoms with E-state index in [0.717, 1.165) is 31.7 Å². The number of nitrogens with zero attached hydrogens (tertiary/aromatic N) is 3. The summed E-state index contributed by atoms with van der Waals surface area (Å²) in [4.78, 5) is 8.43. The Morgan fingerprint density at radius 1 is 1.35 bits per heavy atom. The molecule has 2 heterocycles. The molecule has 0 fully saturated rings. The monoisotopic (exact) mass is 230 g/mol. The van der Waals surface area contributed by atoms with Gasteiger partial charge in [-0.05, 0) is 19.1 Å². The highest BCUT2D eigenvalue weighted by atomic mass is 15.1. The molecule has 0 aromatic carbocycles. The van der Waals surface area contributed by atoms with Gasteiger partial charge in [0.05, 0.1) is 12.0 Å². The van der Waals surface area contributed by atoms with Crippen LogP contribution in [-0.2, 0) is 19.5 Å². The van der Waals surface area contributed by atoms with Crippen molar-refractivity contribution in [3.63, 3.8) is 0 Å². The number of aromatic nitrogens is 3. The predicted octanol–water partition coefficient (Wildman–Crippen LogP) is 1.63. The van der Waals surface area contributed by atoms with Gasteiger partial charge in [-0.2, -0.15) is 0 Å². The molecule has 0 saturated carbocycles. The van der Waals surface area contributed by atoms with Crippen LogP contribution in [0.25, 0.3) is 0 Å². The Kier molecular flexibility index (Phi) is 4.27. The minimum absolute atomic E-state index is 0.862. The number of hydrogen-bond donors (Lipinski definition) is 1. The van der Waals surface area contributed by atoms with Crippen LogP contribution in [0.2, 0.25) is 0 Å². The molecule has 0 aliphatic rings. The third-order valence-electron chi connectivity index (χ3n) is 2.73. The Hall–Kier alpha value is -1.68. The second kappa shape index (κ2) is 6.15. The standard InChI is InChI=1S/C13H18N4/c1-2-17-11-15-10-13(17)9-14-8-6-12-5-3-4-7-16-12/h3-5,7,10-11,14H,2,6,8-9H2,1H3. The average Bonchev–Trinajstić information content (AvgIpc) is 2.83. The number of nitrogens with one attached hydrogen (secondary N) is 1. The number of rotatable bonds is 6. The zero-order chi connectivity index (χ0) is 11.9. The number of hydrogen-bond acceptors (Lipinski definition) is 3. The van der Waals surface area contributed by atoms with Crippen LogP contribution in [0.1, 0.15) is 18.3 Å². The van der Waals surface area contributed by atoms with Crippen molar-refractivity contribution in [3.05, 3.63) is 48.3 Å². The first-order valence-corrected chi connectivity index (χ1v) is 5.99. The van der Waals surface area contributed by atoms with E-state index in [1.165, 1.54) is 5.69 Å². The van der Waals surface area contributed by atoms with Crippen LogP contribution >= 0.6 is 0 Å². The van der Waals surface area contributed by atoms with Crippen LogP contribution in [0.15, 0.2) is 36.9 Å². The average molecular weight is 230 g/mol. The smallest absolute Gasteiger partial charge is 0.0948 e. The molecule has 4 nitrogen and oxygen atoms in total. The summed E-state index contributed by atoms with van der Waals surface area (Å²) < 4.78 is 2.15. The maximum absolute atomic E-state index is 4.29. The van der Waals surface area contributed by atoms with Crippen molar-refractivity contribution in [1.82, 2.24) is 19.9 Å². The fourth-order valence-corrected chi connectivity index (χ4v) is 1.76. The second-order valence-electron chi connectivity index (χ2n) is 3.92. The molecule has 2 aromatic heterocycles. The van der Waals surface area contributed by atoms with Crippen molar-refractivity contribution >= 4 is 0 Å². The van der Waals surface area contributed by atoms with Gasteiger partial charge < -0.3 is 9.88 Å². The van der Waals surface area contributed by atoms with Gasteiger partial charge in [-0.15, -0.1) is 0 Å². The zero-order valence-electron chi connectivity index (χ0n) is 10.1. The number of imidazole rings is 1. The maximum Gasteiger partial charge on any atom is 0.0948 e. The van der Waals surface area contributed by atoms with Gasteiger partial charge in [0, 0.05) is 44.1 Å². The molecule has 0 unspecified atom stereocenters. The van der Waals surface area contributed by atoms with Crippen molar-refractivity contribution in [2.75, 3.05) is 6.54 Å². The third-order valence-corrected chi connectivity index (χ3v) is 2.73. The van der Waals surface area contributed by atoms with Gasteiger partial charge in [-0.25, -0.2) is 4.98 Å². The summed E-state index contributed by atoms with van der Waals surface area (Å²) in [5.41, 5.74) is 2.36. The topological polar surface area (TPSA) is 42.7 Å². The molecular weight excluding hydrogens is 212 g/mol. The largest absolute Gasteiger partial charge is 0.334 e. The van der Waals surface area contributed by atoms with Crippen LogP contribution < -0.4 is 5.32 Å². The van der Waals surface area contributed by atoms with Crippen molar-refractivity contribution in [3.8, 4) is 0 Å². The molecule has 0 spiro atoms. The summed E-state index contributed by atoms with van der Waals surface area (Å²) in [5, 5.41) is 3.41. The van der Waals surface area contributed by atoms with Gasteiger partial charge in [-0.3, -0.25) is 4.98 Å². The van der Waals surface area contributed by atoms with E-state index < -0.39 is 0 Å². The first kappa shape index (κ1) is 11.8. The van der Waals surface area contributed by atoms with E-state index in [9.17, 15) is 0 Å². The highest BCUT2D eigenvalue weighted by Gasteiger charge is 1.99. The lowest BCUT2D eigenvalue weighted by Crippen LogP contribution is -2.19. The third kappa shape index (κ3) is 3.39. The molecule has 17 heavy (non-hydrogen) atoms. The van der Waals surface area contributed by atoms with Crippen molar-refractivity contribution < 1.29 is 0 Å². The summed E-state index contributed by atoms with van der Waals surface area (Å²) >= 11 is 0. The Bertz CT molecular complexity index is 436.